The number of nitrogens with one attached hydrogen (secondary N) is 2. The summed E-state index contributed by atoms with van der Waals surface area (Å²) in [4.78, 5) is 12.3. The summed E-state index contributed by atoms with van der Waals surface area (Å²) in [6.07, 6.45) is 5.45. The van der Waals surface area contributed by atoms with Gasteiger partial charge in [-0.05, 0) is 44.7 Å². The first-order valence-electron chi connectivity index (χ1n) is 6.64. The molecule has 0 spiro atoms. The van der Waals surface area contributed by atoms with Crippen molar-refractivity contribution in [2.75, 3.05) is 25.9 Å². The first-order chi connectivity index (χ1) is 8.46. The lowest BCUT2D eigenvalue weighted by Crippen LogP contribution is -2.57. The Labute approximate surface area is 121 Å². The van der Waals surface area contributed by atoms with E-state index in [-0.39, 0.29) is 18.3 Å². The van der Waals surface area contributed by atoms with Crippen molar-refractivity contribution in [2.24, 2.45) is 5.92 Å². The van der Waals surface area contributed by atoms with Crippen LogP contribution in [0.3, 0.4) is 0 Å². The van der Waals surface area contributed by atoms with Crippen LogP contribution in [0.4, 0.5) is 0 Å². The van der Waals surface area contributed by atoms with Gasteiger partial charge in [0.15, 0.2) is 14.6 Å². The van der Waals surface area contributed by atoms with Crippen molar-refractivity contribution in [1.29, 1.82) is 0 Å². The molecule has 0 atom stereocenters. The van der Waals surface area contributed by atoms with Crippen LogP contribution in [-0.4, -0.2) is 45.0 Å². The zero-order valence-electron chi connectivity index (χ0n) is 11.3. The van der Waals surface area contributed by atoms with Crippen molar-refractivity contribution in [1.82, 2.24) is 10.6 Å². The van der Waals surface area contributed by atoms with E-state index < -0.39 is 14.6 Å². The molecule has 2 N–H and O–H groups in total. The van der Waals surface area contributed by atoms with Gasteiger partial charge in [0.2, 0.25) is 5.91 Å². The molecule has 1 heterocycles. The van der Waals surface area contributed by atoms with Gasteiger partial charge in [0.25, 0.3) is 0 Å². The average molecular weight is 311 g/mol. The Morgan fingerprint density at radius 3 is 2.32 bits per heavy atom. The van der Waals surface area contributed by atoms with Crippen LogP contribution in [0, 0.1) is 5.92 Å². The summed E-state index contributed by atoms with van der Waals surface area (Å²) < 4.78 is 22.8. The SMILES string of the molecule is CS(=O)(=O)C1(C(=O)NCC2CCC2)CCNCC1.Cl. The predicted molar refractivity (Wildman–Crippen MR) is 77.3 cm³/mol. The van der Waals surface area contributed by atoms with Gasteiger partial charge in [-0.3, -0.25) is 4.79 Å². The van der Waals surface area contributed by atoms with Gasteiger partial charge in [0.05, 0.1) is 0 Å². The number of sulfone groups is 1. The fourth-order valence-corrected chi connectivity index (χ4v) is 4.05. The Bertz CT molecular complexity index is 415. The Kier molecular flexibility index (Phi) is 5.65. The lowest BCUT2D eigenvalue weighted by atomic mass is 9.85. The van der Waals surface area contributed by atoms with Crippen molar-refractivity contribution >= 4 is 28.2 Å². The molecular formula is C12H23ClN2O3S. The van der Waals surface area contributed by atoms with Crippen LogP contribution in [0.1, 0.15) is 32.1 Å². The van der Waals surface area contributed by atoms with Crippen LogP contribution < -0.4 is 10.6 Å². The van der Waals surface area contributed by atoms with Gasteiger partial charge in [-0.1, -0.05) is 6.42 Å². The van der Waals surface area contributed by atoms with E-state index in [1.807, 2.05) is 0 Å². The predicted octanol–water partition coefficient (Wildman–Crippen LogP) is 0.491. The molecule has 2 aliphatic rings. The van der Waals surface area contributed by atoms with E-state index in [0.29, 0.717) is 38.4 Å². The summed E-state index contributed by atoms with van der Waals surface area (Å²) in [5.74, 6) is 0.255. The largest absolute Gasteiger partial charge is 0.354 e. The number of hydrogen-bond donors (Lipinski definition) is 2. The highest BCUT2D eigenvalue weighted by Crippen LogP contribution is 2.29. The fourth-order valence-electron chi connectivity index (χ4n) is 2.69. The minimum Gasteiger partial charge on any atom is -0.354 e. The van der Waals surface area contributed by atoms with Gasteiger partial charge >= 0.3 is 0 Å². The van der Waals surface area contributed by atoms with E-state index in [9.17, 15) is 13.2 Å². The minimum absolute atomic E-state index is 0. The van der Waals surface area contributed by atoms with Crippen molar-refractivity contribution in [2.45, 2.75) is 36.9 Å². The Balaban J connectivity index is 0.00000180. The molecule has 0 aromatic carbocycles. The third-order valence-electron chi connectivity index (χ3n) is 4.31. The fraction of sp³-hybridized carbons (Fsp3) is 0.917. The number of carbonyl (C=O) groups excluding carboxylic acids is 1. The molecule has 0 aromatic rings. The molecule has 2 rings (SSSR count). The van der Waals surface area contributed by atoms with Crippen molar-refractivity contribution in [3.63, 3.8) is 0 Å². The standard InChI is InChI=1S/C12H22N2O3S.ClH/c1-18(16,17)12(5-7-13-8-6-12)11(15)14-9-10-3-2-4-10;/h10,13H,2-9H2,1H3,(H,14,15);1H. The second-order valence-corrected chi connectivity index (χ2v) is 7.85. The molecule has 1 aliphatic heterocycles. The van der Waals surface area contributed by atoms with E-state index in [1.165, 1.54) is 12.7 Å². The van der Waals surface area contributed by atoms with E-state index in [1.54, 1.807) is 0 Å². The number of halogens is 1. The molecule has 1 amide bonds. The number of carbonyl (C=O) groups is 1. The summed E-state index contributed by atoms with van der Waals surface area (Å²) >= 11 is 0. The molecule has 0 unspecified atom stereocenters. The quantitative estimate of drug-likeness (QED) is 0.792. The van der Waals surface area contributed by atoms with Crippen LogP contribution in [0.2, 0.25) is 0 Å². The van der Waals surface area contributed by atoms with Crippen molar-refractivity contribution in [3.05, 3.63) is 0 Å². The van der Waals surface area contributed by atoms with Crippen LogP contribution in [0.5, 0.6) is 0 Å². The lowest BCUT2D eigenvalue weighted by Gasteiger charge is -2.35. The lowest BCUT2D eigenvalue weighted by molar-refractivity contribution is -0.124. The van der Waals surface area contributed by atoms with E-state index in [2.05, 4.69) is 10.6 Å². The molecule has 7 heteroatoms. The molecule has 2 fully saturated rings. The summed E-state index contributed by atoms with van der Waals surface area (Å²) in [6.45, 7) is 1.80. The summed E-state index contributed by atoms with van der Waals surface area (Å²) in [5.41, 5.74) is 0. The van der Waals surface area contributed by atoms with Gasteiger partial charge in [0, 0.05) is 12.8 Å². The van der Waals surface area contributed by atoms with Crippen LogP contribution in [-0.2, 0) is 14.6 Å². The van der Waals surface area contributed by atoms with Gasteiger partial charge in [-0.15, -0.1) is 12.4 Å². The van der Waals surface area contributed by atoms with Crippen LogP contribution in [0.15, 0.2) is 0 Å². The summed E-state index contributed by atoms with van der Waals surface area (Å²) in [5, 5.41) is 5.97. The number of hydrogen-bond acceptors (Lipinski definition) is 4. The average Bonchev–Trinajstić information content (AvgIpc) is 2.26. The van der Waals surface area contributed by atoms with E-state index in [4.69, 9.17) is 0 Å². The second-order valence-electron chi connectivity index (χ2n) is 5.52. The molecule has 0 bridgehead atoms. The van der Waals surface area contributed by atoms with E-state index >= 15 is 0 Å². The summed E-state index contributed by atoms with van der Waals surface area (Å²) in [6, 6.07) is 0. The highest BCUT2D eigenvalue weighted by molar-refractivity contribution is 7.92. The Morgan fingerprint density at radius 2 is 1.89 bits per heavy atom. The third kappa shape index (κ3) is 3.41. The molecule has 1 saturated heterocycles. The Morgan fingerprint density at radius 1 is 1.32 bits per heavy atom. The van der Waals surface area contributed by atoms with Crippen LogP contribution in [0.25, 0.3) is 0 Å². The molecule has 0 aromatic heterocycles. The van der Waals surface area contributed by atoms with Gasteiger partial charge in [-0.2, -0.15) is 0 Å². The van der Waals surface area contributed by atoms with Crippen molar-refractivity contribution < 1.29 is 13.2 Å². The van der Waals surface area contributed by atoms with Gasteiger partial charge in [0.1, 0.15) is 0 Å². The zero-order valence-corrected chi connectivity index (χ0v) is 12.9. The molecule has 5 nitrogen and oxygen atoms in total. The summed E-state index contributed by atoms with van der Waals surface area (Å²) in [7, 11) is -3.38. The number of piperidine rings is 1. The van der Waals surface area contributed by atoms with Gasteiger partial charge in [-0.25, -0.2) is 8.42 Å². The highest BCUT2D eigenvalue weighted by atomic mass is 35.5. The highest BCUT2D eigenvalue weighted by Gasteiger charge is 2.48. The molecule has 0 radical (unpaired) electrons. The third-order valence-corrected chi connectivity index (χ3v) is 6.32. The first-order valence-corrected chi connectivity index (χ1v) is 8.53. The molecule has 1 aliphatic carbocycles. The van der Waals surface area contributed by atoms with Crippen molar-refractivity contribution in [3.8, 4) is 0 Å². The Hall–Kier alpha value is -0.330. The molecular weight excluding hydrogens is 288 g/mol. The van der Waals surface area contributed by atoms with Gasteiger partial charge < -0.3 is 10.6 Å². The number of amides is 1. The maximum absolute atomic E-state index is 12.3. The molecule has 1 saturated carbocycles. The molecule has 112 valence electrons. The minimum atomic E-state index is -3.38. The maximum Gasteiger partial charge on any atom is 0.241 e. The maximum atomic E-state index is 12.3. The monoisotopic (exact) mass is 310 g/mol. The number of rotatable bonds is 4. The first kappa shape index (κ1) is 16.7. The smallest absolute Gasteiger partial charge is 0.241 e. The second kappa shape index (κ2) is 6.41. The topological polar surface area (TPSA) is 75.3 Å². The normalized spacial score (nSPS) is 23.0. The van der Waals surface area contributed by atoms with Crippen LogP contribution >= 0.6 is 12.4 Å². The van der Waals surface area contributed by atoms with E-state index in [0.717, 1.165) is 12.8 Å². The zero-order chi connectivity index (χ0) is 13.2. The molecule has 19 heavy (non-hydrogen) atoms.